The number of rotatable bonds is 8. The van der Waals surface area contributed by atoms with Gasteiger partial charge in [0.05, 0.1) is 18.2 Å². The molecule has 4 rings (SSSR count). The number of hydrogen-bond acceptors (Lipinski definition) is 10. The Morgan fingerprint density at radius 2 is 2.06 bits per heavy atom. The molecule has 2 aromatic rings. The smallest absolute Gasteiger partial charge is 0.358 e. The SMILES string of the molecule is O=P(O)(O)[C@@H](C=S)OC[C@H]1O[C@@H](n2ncc3c(NC4CCCC4)nc(Cl)nc32)[C@H](O)[C@@H]1O. The van der Waals surface area contributed by atoms with Crippen molar-refractivity contribution in [1.29, 1.82) is 0 Å². The molecule has 1 aliphatic carbocycles. The standard InChI is InChI=1S/C17H23ClN5O7PS/c18-17-21-14(20-8-3-1-2-4-8)9-5-19-23(15(9)22-17)16-13(25)12(24)10(30-16)6-29-11(7-32)31(26,27)28/h5,7-8,10-13,16,24-25H,1-4,6H2,(H,20,21,22)(H2,26,27,28)/t10-,11+,12-,13-,16-/m1/s1. The molecular weight excluding hydrogens is 485 g/mol. The van der Waals surface area contributed by atoms with Gasteiger partial charge in [0.1, 0.15) is 24.1 Å². The summed E-state index contributed by atoms with van der Waals surface area (Å²) < 4.78 is 23.5. The van der Waals surface area contributed by atoms with Crippen molar-refractivity contribution < 1.29 is 34.0 Å². The lowest BCUT2D eigenvalue weighted by Gasteiger charge is -2.19. The van der Waals surface area contributed by atoms with Gasteiger partial charge in [0.25, 0.3) is 0 Å². The number of anilines is 1. The van der Waals surface area contributed by atoms with Crippen LogP contribution in [-0.4, -0.2) is 81.9 Å². The molecule has 32 heavy (non-hydrogen) atoms. The summed E-state index contributed by atoms with van der Waals surface area (Å²) in [7, 11) is -4.63. The first-order valence-corrected chi connectivity index (χ1v) is 12.5. The van der Waals surface area contributed by atoms with Crippen LogP contribution in [0.4, 0.5) is 5.82 Å². The topological polar surface area (TPSA) is 172 Å². The Morgan fingerprint density at radius 1 is 1.34 bits per heavy atom. The van der Waals surface area contributed by atoms with Crippen LogP contribution in [0.2, 0.25) is 5.28 Å². The Kier molecular flexibility index (Phi) is 7.11. The molecule has 1 saturated heterocycles. The summed E-state index contributed by atoms with van der Waals surface area (Å²) in [5.41, 5.74) is 0.301. The van der Waals surface area contributed by atoms with E-state index in [-0.39, 0.29) is 11.3 Å². The highest BCUT2D eigenvalue weighted by Crippen LogP contribution is 2.41. The van der Waals surface area contributed by atoms with Crippen LogP contribution in [0.25, 0.3) is 11.0 Å². The first-order valence-electron chi connectivity index (χ1n) is 10.00. The molecule has 5 atom stereocenters. The molecule has 5 N–H and O–H groups in total. The number of hydrogen-bond donors (Lipinski definition) is 5. The molecule has 176 valence electrons. The minimum atomic E-state index is -4.63. The van der Waals surface area contributed by atoms with Crippen molar-refractivity contribution in [3.8, 4) is 0 Å². The summed E-state index contributed by atoms with van der Waals surface area (Å²) in [6, 6.07) is 0.271. The Morgan fingerprint density at radius 3 is 2.72 bits per heavy atom. The van der Waals surface area contributed by atoms with Gasteiger partial charge in [-0.2, -0.15) is 15.1 Å². The van der Waals surface area contributed by atoms with Gasteiger partial charge in [-0.1, -0.05) is 25.1 Å². The molecule has 2 aromatic heterocycles. The van der Waals surface area contributed by atoms with Gasteiger partial charge in [-0.15, -0.1) is 0 Å². The molecule has 1 saturated carbocycles. The minimum Gasteiger partial charge on any atom is -0.387 e. The molecule has 0 spiro atoms. The van der Waals surface area contributed by atoms with E-state index in [9.17, 15) is 24.6 Å². The number of halogens is 1. The zero-order valence-corrected chi connectivity index (χ0v) is 19.2. The largest absolute Gasteiger partial charge is 0.387 e. The van der Waals surface area contributed by atoms with Crippen LogP contribution in [0.1, 0.15) is 31.9 Å². The molecule has 12 nitrogen and oxygen atoms in total. The lowest BCUT2D eigenvalue weighted by molar-refractivity contribution is -0.0696. The van der Waals surface area contributed by atoms with Gasteiger partial charge in [-0.05, 0) is 24.4 Å². The lowest BCUT2D eigenvalue weighted by Crippen LogP contribution is -2.35. The van der Waals surface area contributed by atoms with Crippen LogP contribution in [-0.2, 0) is 14.0 Å². The van der Waals surface area contributed by atoms with E-state index in [1.165, 1.54) is 10.9 Å². The van der Waals surface area contributed by atoms with E-state index in [0.29, 0.717) is 16.9 Å². The van der Waals surface area contributed by atoms with E-state index in [1.807, 2.05) is 0 Å². The molecule has 1 aliphatic heterocycles. The summed E-state index contributed by atoms with van der Waals surface area (Å²) in [5.74, 6) is -1.11. The number of ether oxygens (including phenoxy) is 2. The van der Waals surface area contributed by atoms with Crippen molar-refractivity contribution in [2.24, 2.45) is 0 Å². The number of thiocarbonyl (C=S) groups is 1. The van der Waals surface area contributed by atoms with Crippen molar-refractivity contribution in [1.82, 2.24) is 19.7 Å². The van der Waals surface area contributed by atoms with Crippen molar-refractivity contribution in [3.05, 3.63) is 11.5 Å². The maximum atomic E-state index is 11.4. The van der Waals surface area contributed by atoms with Gasteiger partial charge in [0.2, 0.25) is 5.28 Å². The molecule has 15 heteroatoms. The van der Waals surface area contributed by atoms with Gasteiger partial charge in [0.15, 0.2) is 17.7 Å². The summed E-state index contributed by atoms with van der Waals surface area (Å²) in [4.78, 5) is 26.9. The average Bonchev–Trinajstić information content (AvgIpc) is 3.44. The quantitative estimate of drug-likeness (QED) is 0.195. The highest BCUT2D eigenvalue weighted by atomic mass is 35.5. The minimum absolute atomic E-state index is 0.0156. The van der Waals surface area contributed by atoms with Crippen LogP contribution in [0.3, 0.4) is 0 Å². The second-order valence-corrected chi connectivity index (χ2v) is 10.1. The van der Waals surface area contributed by atoms with E-state index < -0.39 is 44.6 Å². The van der Waals surface area contributed by atoms with Crippen LogP contribution in [0.5, 0.6) is 0 Å². The Balaban J connectivity index is 1.55. The van der Waals surface area contributed by atoms with Crippen LogP contribution >= 0.6 is 31.4 Å². The summed E-state index contributed by atoms with van der Waals surface area (Å²) in [6.45, 7) is -0.416. The summed E-state index contributed by atoms with van der Waals surface area (Å²) in [6.07, 6.45) is 0.783. The zero-order valence-electron chi connectivity index (χ0n) is 16.7. The number of aromatic nitrogens is 4. The monoisotopic (exact) mass is 507 g/mol. The Hall–Kier alpha value is -1.28. The maximum absolute atomic E-state index is 11.4. The van der Waals surface area contributed by atoms with Crippen molar-refractivity contribution >= 4 is 53.6 Å². The highest BCUT2D eigenvalue weighted by Gasteiger charge is 2.45. The first kappa shape index (κ1) is 23.9. The second kappa shape index (κ2) is 9.53. The number of nitrogens with one attached hydrogen (secondary N) is 1. The molecule has 0 unspecified atom stereocenters. The Bertz CT molecular complexity index is 1030. The number of fused-ring (bicyclic) bond motifs is 1. The van der Waals surface area contributed by atoms with E-state index in [4.69, 9.17) is 21.1 Å². The molecule has 0 bridgehead atoms. The molecular formula is C17H23ClN5O7PS. The molecule has 0 amide bonds. The van der Waals surface area contributed by atoms with Crippen LogP contribution < -0.4 is 5.32 Å². The van der Waals surface area contributed by atoms with E-state index >= 15 is 0 Å². The fourth-order valence-electron chi connectivity index (χ4n) is 3.94. The van der Waals surface area contributed by atoms with Gasteiger partial charge >= 0.3 is 7.60 Å². The first-order chi connectivity index (χ1) is 15.2. The molecule has 0 aromatic carbocycles. The van der Waals surface area contributed by atoms with Crippen molar-refractivity contribution in [3.63, 3.8) is 0 Å². The van der Waals surface area contributed by atoms with Gasteiger partial charge < -0.3 is 34.8 Å². The van der Waals surface area contributed by atoms with Crippen molar-refractivity contribution in [2.75, 3.05) is 11.9 Å². The second-order valence-electron chi connectivity index (χ2n) is 7.79. The predicted octanol–water partition coefficient (Wildman–Crippen LogP) is 0.973. The van der Waals surface area contributed by atoms with Crippen LogP contribution in [0.15, 0.2) is 6.20 Å². The number of aliphatic hydroxyl groups is 2. The predicted molar refractivity (Wildman–Crippen MR) is 118 cm³/mol. The Labute approximate surface area is 193 Å². The van der Waals surface area contributed by atoms with E-state index in [2.05, 4.69) is 32.6 Å². The third-order valence-corrected chi connectivity index (χ3v) is 7.16. The van der Waals surface area contributed by atoms with Gasteiger partial charge in [-0.25, -0.2) is 4.68 Å². The average molecular weight is 508 g/mol. The fourth-order valence-corrected chi connectivity index (χ4v) is 5.09. The molecule has 2 aliphatic rings. The molecule has 2 fully saturated rings. The fraction of sp³-hybridized carbons (Fsp3) is 0.647. The zero-order chi connectivity index (χ0) is 23.0. The van der Waals surface area contributed by atoms with Gasteiger partial charge in [0, 0.05) is 11.4 Å². The lowest BCUT2D eigenvalue weighted by atomic mass is 10.1. The maximum Gasteiger partial charge on any atom is 0.358 e. The van der Waals surface area contributed by atoms with E-state index in [0.717, 1.165) is 31.1 Å². The molecule has 3 heterocycles. The highest BCUT2D eigenvalue weighted by molar-refractivity contribution is 7.80. The summed E-state index contributed by atoms with van der Waals surface area (Å²) in [5, 5.41) is 29.9. The van der Waals surface area contributed by atoms with Crippen LogP contribution in [0, 0.1) is 0 Å². The third-order valence-electron chi connectivity index (χ3n) is 5.58. The van der Waals surface area contributed by atoms with Gasteiger partial charge in [-0.3, -0.25) is 4.57 Å². The van der Waals surface area contributed by atoms with Crippen molar-refractivity contribution in [2.45, 2.75) is 62.1 Å². The normalized spacial score (nSPS) is 27.8. The third kappa shape index (κ3) is 4.81. The van der Waals surface area contributed by atoms with E-state index in [1.54, 1.807) is 0 Å². The summed E-state index contributed by atoms with van der Waals surface area (Å²) >= 11 is 10.7. The number of nitrogens with zero attached hydrogens (tertiary/aromatic N) is 4. The molecule has 0 radical (unpaired) electrons. The number of aliphatic hydroxyl groups excluding tert-OH is 2.